The molecule has 0 bridgehead atoms. The van der Waals surface area contributed by atoms with Gasteiger partial charge in [0.25, 0.3) is 0 Å². The second-order valence-corrected chi connectivity index (χ2v) is 15.1. The summed E-state index contributed by atoms with van der Waals surface area (Å²) in [5.74, 6) is -2.89. The van der Waals surface area contributed by atoms with E-state index in [9.17, 15) is 41.9 Å². The van der Waals surface area contributed by atoms with Crippen molar-refractivity contribution in [3.05, 3.63) is 155 Å². The van der Waals surface area contributed by atoms with Crippen LogP contribution in [0.3, 0.4) is 0 Å². The summed E-state index contributed by atoms with van der Waals surface area (Å²) in [5, 5.41) is 35.6. The summed E-state index contributed by atoms with van der Waals surface area (Å²) in [6.45, 7) is 4.14. The standard InChI is InChI=1S/C17H14F3NO3.C17H17NO4.C16H14ClNO3/c1-10(22)21-14-6-7-15(12(8-14)9-16(23)24)11-2-4-13(5-3-11)17(18,19)20;1-11(19)18-14-5-8-16(13(9-14)10-17(20)21)12-3-6-15(22-2)7-4-12;1-10(19)18-14-6-7-15(12(8-14)9-16(20)21)11-2-4-13(17)5-3-11/h2-8H,9H2,1H3,(H,21,22)(H,23,24);3-9H,10H2,1-2H3,(H,18,19)(H,20,21);2-8H,9H2,1H3,(H,18,19)(H,20,21). The molecule has 0 fully saturated rings. The number of carboxylic acids is 3. The zero-order valence-electron chi connectivity index (χ0n) is 36.5. The van der Waals surface area contributed by atoms with Crippen molar-refractivity contribution in [2.45, 2.75) is 46.2 Å². The number of hydrogen-bond acceptors (Lipinski definition) is 7. The zero-order valence-corrected chi connectivity index (χ0v) is 37.2. The molecule has 0 atom stereocenters. The average Bonchev–Trinajstić information content (AvgIpc) is 3.23. The van der Waals surface area contributed by atoms with Crippen LogP contribution in [-0.2, 0) is 54.2 Å². The molecule has 0 aliphatic heterocycles. The Balaban J connectivity index is 0.000000220. The topological polar surface area (TPSA) is 208 Å². The van der Waals surface area contributed by atoms with Crippen LogP contribution in [0.4, 0.5) is 30.2 Å². The highest BCUT2D eigenvalue weighted by Crippen LogP contribution is 2.34. The summed E-state index contributed by atoms with van der Waals surface area (Å²) in [4.78, 5) is 66.5. The highest BCUT2D eigenvalue weighted by Gasteiger charge is 2.30. The van der Waals surface area contributed by atoms with Gasteiger partial charge in [0.05, 0.1) is 31.9 Å². The zero-order chi connectivity index (χ0) is 49.4. The van der Waals surface area contributed by atoms with Crippen molar-refractivity contribution in [2.24, 2.45) is 0 Å². The fraction of sp³-hybridized carbons (Fsp3) is 0.160. The number of rotatable bonds is 13. The minimum Gasteiger partial charge on any atom is -0.497 e. The number of anilines is 3. The molecule has 13 nitrogen and oxygen atoms in total. The van der Waals surface area contributed by atoms with Crippen LogP contribution in [0, 0.1) is 0 Å². The van der Waals surface area contributed by atoms with E-state index in [0.717, 1.165) is 40.1 Å². The number of benzene rings is 6. The fourth-order valence-electron chi connectivity index (χ4n) is 6.64. The van der Waals surface area contributed by atoms with Crippen LogP contribution in [-0.4, -0.2) is 58.1 Å². The third-order valence-corrected chi connectivity index (χ3v) is 9.63. The molecule has 0 spiro atoms. The van der Waals surface area contributed by atoms with Gasteiger partial charge in [0.1, 0.15) is 5.75 Å². The highest BCUT2D eigenvalue weighted by atomic mass is 35.5. The van der Waals surface area contributed by atoms with Crippen LogP contribution in [0.5, 0.6) is 5.75 Å². The Morgan fingerprint density at radius 3 is 1.06 bits per heavy atom. The van der Waals surface area contributed by atoms with E-state index in [1.54, 1.807) is 61.7 Å². The van der Waals surface area contributed by atoms with Gasteiger partial charge in [0.15, 0.2) is 0 Å². The molecule has 0 aromatic heterocycles. The van der Waals surface area contributed by atoms with Gasteiger partial charge in [-0.25, -0.2) is 0 Å². The summed E-state index contributed by atoms with van der Waals surface area (Å²) in [6, 6.07) is 34.2. The maximum atomic E-state index is 12.6. The van der Waals surface area contributed by atoms with Crippen LogP contribution in [0.15, 0.2) is 127 Å². The molecule has 6 N–H and O–H groups in total. The molecule has 0 radical (unpaired) electrons. The highest BCUT2D eigenvalue weighted by molar-refractivity contribution is 6.30. The SMILES string of the molecule is CC(=O)Nc1ccc(-c2ccc(C(F)(F)F)cc2)c(CC(=O)O)c1.CC(=O)Nc1ccc(-c2ccc(Cl)cc2)c(CC(=O)O)c1.COc1ccc(-c2ccc(NC(C)=O)cc2CC(=O)O)cc1. The lowest BCUT2D eigenvalue weighted by Crippen LogP contribution is -2.08. The number of ether oxygens (including phenoxy) is 1. The number of halogens is 4. The number of methoxy groups -OCH3 is 1. The van der Waals surface area contributed by atoms with Crippen LogP contribution >= 0.6 is 11.6 Å². The summed E-state index contributed by atoms with van der Waals surface area (Å²) in [6.07, 6.45) is -4.98. The minimum absolute atomic E-state index is 0.116. The number of carboxylic acid groups (broad SMARTS) is 3. The van der Waals surface area contributed by atoms with Crippen molar-refractivity contribution in [3.8, 4) is 39.1 Å². The van der Waals surface area contributed by atoms with E-state index in [1.807, 2.05) is 42.5 Å². The van der Waals surface area contributed by atoms with Crippen molar-refractivity contribution >= 4 is 64.3 Å². The van der Waals surface area contributed by atoms with Crippen molar-refractivity contribution < 1.29 is 62.0 Å². The van der Waals surface area contributed by atoms with Crippen LogP contribution in [0.25, 0.3) is 33.4 Å². The van der Waals surface area contributed by atoms with Crippen molar-refractivity contribution in [2.75, 3.05) is 23.1 Å². The molecule has 0 saturated heterocycles. The minimum atomic E-state index is -4.43. The van der Waals surface area contributed by atoms with Gasteiger partial charge in [0, 0.05) is 42.9 Å². The predicted octanol–water partition coefficient (Wildman–Crippen LogP) is 10.5. The van der Waals surface area contributed by atoms with E-state index in [4.69, 9.17) is 31.7 Å². The first-order valence-corrected chi connectivity index (χ1v) is 20.4. The van der Waals surface area contributed by atoms with Gasteiger partial charge in [-0.2, -0.15) is 13.2 Å². The maximum absolute atomic E-state index is 12.6. The number of nitrogens with one attached hydrogen (secondary N) is 3. The van der Waals surface area contributed by atoms with Crippen molar-refractivity contribution in [1.29, 1.82) is 0 Å². The number of aliphatic carboxylic acids is 3. The first kappa shape index (κ1) is 51.7. The lowest BCUT2D eigenvalue weighted by atomic mass is 9.96. The number of carbonyl (C=O) groups excluding carboxylic acids is 3. The molecule has 6 rings (SSSR count). The molecule has 0 aliphatic rings. The summed E-state index contributed by atoms with van der Waals surface area (Å²) < 4.78 is 43.0. The molecule has 348 valence electrons. The molecule has 0 saturated carbocycles. The normalized spacial score (nSPS) is 10.5. The maximum Gasteiger partial charge on any atom is 0.416 e. The Hall–Kier alpha value is -7.98. The monoisotopic (exact) mass is 939 g/mol. The van der Waals surface area contributed by atoms with E-state index < -0.39 is 29.6 Å². The van der Waals surface area contributed by atoms with Crippen LogP contribution in [0.2, 0.25) is 5.02 Å². The average molecular weight is 940 g/mol. The van der Waals surface area contributed by atoms with Gasteiger partial charge in [0.2, 0.25) is 17.7 Å². The molecule has 67 heavy (non-hydrogen) atoms. The van der Waals surface area contributed by atoms with E-state index in [1.165, 1.54) is 39.0 Å². The van der Waals surface area contributed by atoms with Gasteiger partial charge in [-0.15, -0.1) is 0 Å². The first-order valence-electron chi connectivity index (χ1n) is 20.1. The molecule has 6 aromatic carbocycles. The Kier molecular flexibility index (Phi) is 18.4. The Morgan fingerprint density at radius 1 is 0.493 bits per heavy atom. The smallest absolute Gasteiger partial charge is 0.416 e. The van der Waals surface area contributed by atoms with Crippen molar-refractivity contribution in [1.82, 2.24) is 0 Å². The second-order valence-electron chi connectivity index (χ2n) is 14.7. The third kappa shape index (κ3) is 16.5. The Labute approximate surface area is 388 Å². The summed E-state index contributed by atoms with van der Waals surface area (Å²) >= 11 is 5.86. The summed E-state index contributed by atoms with van der Waals surface area (Å²) in [7, 11) is 1.59. The molecular weight excluding hydrogens is 895 g/mol. The molecular formula is C50H45ClF3N3O10. The van der Waals surface area contributed by atoms with E-state index in [2.05, 4.69) is 16.0 Å². The Bertz CT molecular complexity index is 2740. The summed E-state index contributed by atoms with van der Waals surface area (Å²) in [5.41, 5.74) is 6.86. The quantitative estimate of drug-likeness (QED) is 0.0645. The molecule has 0 aliphatic carbocycles. The van der Waals surface area contributed by atoms with Gasteiger partial charge in [-0.05, 0) is 123 Å². The van der Waals surface area contributed by atoms with E-state index >= 15 is 0 Å². The first-order chi connectivity index (χ1) is 31.6. The van der Waals surface area contributed by atoms with Crippen molar-refractivity contribution in [3.63, 3.8) is 0 Å². The molecule has 0 unspecified atom stereocenters. The molecule has 6 aromatic rings. The molecule has 17 heteroatoms. The van der Waals surface area contributed by atoms with Gasteiger partial charge in [-0.3, -0.25) is 28.8 Å². The van der Waals surface area contributed by atoms with Gasteiger partial charge < -0.3 is 36.0 Å². The second kappa shape index (κ2) is 23.8. The predicted molar refractivity (Wildman–Crippen MR) is 249 cm³/mol. The fourth-order valence-corrected chi connectivity index (χ4v) is 6.76. The molecule has 3 amide bonds. The van der Waals surface area contributed by atoms with Gasteiger partial charge >= 0.3 is 24.1 Å². The Morgan fingerprint density at radius 2 is 0.791 bits per heavy atom. The van der Waals surface area contributed by atoms with Gasteiger partial charge in [-0.1, -0.05) is 66.2 Å². The third-order valence-electron chi connectivity index (χ3n) is 9.38. The van der Waals surface area contributed by atoms with E-state index in [0.29, 0.717) is 49.9 Å². The van der Waals surface area contributed by atoms with Crippen LogP contribution in [0.1, 0.15) is 43.0 Å². The number of amides is 3. The lowest BCUT2D eigenvalue weighted by Gasteiger charge is -2.12. The molecule has 0 heterocycles. The lowest BCUT2D eigenvalue weighted by molar-refractivity contribution is -0.138. The number of carbonyl (C=O) groups is 6. The largest absolute Gasteiger partial charge is 0.497 e. The number of hydrogen-bond donors (Lipinski definition) is 6. The number of alkyl halides is 3. The van der Waals surface area contributed by atoms with E-state index in [-0.39, 0.29) is 37.0 Å². The van der Waals surface area contributed by atoms with Crippen LogP contribution < -0.4 is 20.7 Å².